The molecule has 2 rings (SSSR count). The van der Waals surface area contributed by atoms with Crippen LogP contribution in [0.4, 0.5) is 0 Å². The summed E-state index contributed by atoms with van der Waals surface area (Å²) in [5.74, 6) is 1.82. The minimum atomic E-state index is -0.260. The molecule has 2 aromatic rings. The van der Waals surface area contributed by atoms with Crippen LogP contribution in [0.1, 0.15) is 41.4 Å². The summed E-state index contributed by atoms with van der Waals surface area (Å²) in [6, 6.07) is 3.87. The number of aromatic nitrogens is 2. The lowest BCUT2D eigenvalue weighted by molar-refractivity contribution is 0.280. The quantitative estimate of drug-likeness (QED) is 0.915. The van der Waals surface area contributed by atoms with Crippen LogP contribution in [0, 0.1) is 20.8 Å². The van der Waals surface area contributed by atoms with E-state index in [1.807, 2.05) is 19.9 Å². The van der Waals surface area contributed by atoms with E-state index in [-0.39, 0.29) is 12.6 Å². The van der Waals surface area contributed by atoms with Gasteiger partial charge in [0.05, 0.1) is 6.04 Å². The van der Waals surface area contributed by atoms with Gasteiger partial charge >= 0.3 is 0 Å². The Hall–Kier alpha value is -1.88. The third kappa shape index (κ3) is 2.93. The fraction of sp³-hybridized carbons (Fsp3) is 0.429. The van der Waals surface area contributed by atoms with Crippen molar-refractivity contribution in [1.29, 1.82) is 0 Å². The Labute approximate surface area is 112 Å². The van der Waals surface area contributed by atoms with Gasteiger partial charge in [0.2, 0.25) is 11.7 Å². The lowest BCUT2D eigenvalue weighted by Crippen LogP contribution is -2.06. The Balaban J connectivity index is 2.12. The van der Waals surface area contributed by atoms with Crippen molar-refractivity contribution in [3.8, 4) is 5.75 Å². The monoisotopic (exact) mass is 261 g/mol. The molecule has 0 spiro atoms. The van der Waals surface area contributed by atoms with Gasteiger partial charge in [-0.05, 0) is 44.4 Å². The largest absolute Gasteiger partial charge is 0.485 e. The predicted molar refractivity (Wildman–Crippen MR) is 71.9 cm³/mol. The normalized spacial score (nSPS) is 12.5. The maximum atomic E-state index is 5.80. The SMILES string of the molecule is Cc1ccc(C)c(OCc2noc(C(C)N)n2)c1C. The second-order valence-electron chi connectivity index (χ2n) is 4.78. The topological polar surface area (TPSA) is 74.2 Å². The molecule has 5 nitrogen and oxygen atoms in total. The second kappa shape index (κ2) is 5.40. The average molecular weight is 261 g/mol. The Morgan fingerprint density at radius 3 is 2.58 bits per heavy atom. The molecule has 1 unspecified atom stereocenters. The second-order valence-corrected chi connectivity index (χ2v) is 4.78. The summed E-state index contributed by atoms with van der Waals surface area (Å²) in [6.45, 7) is 8.20. The molecule has 0 fully saturated rings. The van der Waals surface area contributed by atoms with Crippen LogP contribution in [-0.2, 0) is 6.61 Å². The highest BCUT2D eigenvalue weighted by molar-refractivity contribution is 5.44. The number of aryl methyl sites for hydroxylation is 2. The predicted octanol–water partition coefficient (Wildman–Crippen LogP) is 2.59. The third-order valence-electron chi connectivity index (χ3n) is 3.09. The van der Waals surface area contributed by atoms with Gasteiger partial charge in [-0.2, -0.15) is 4.98 Å². The number of nitrogens with zero attached hydrogens (tertiary/aromatic N) is 2. The van der Waals surface area contributed by atoms with Gasteiger partial charge in [0, 0.05) is 0 Å². The summed E-state index contributed by atoms with van der Waals surface area (Å²) >= 11 is 0. The molecule has 0 amide bonds. The van der Waals surface area contributed by atoms with Crippen molar-refractivity contribution in [1.82, 2.24) is 10.1 Å². The van der Waals surface area contributed by atoms with Crippen LogP contribution in [0.5, 0.6) is 5.75 Å². The van der Waals surface area contributed by atoms with Crippen LogP contribution in [0.2, 0.25) is 0 Å². The van der Waals surface area contributed by atoms with E-state index in [1.54, 1.807) is 6.92 Å². The maximum absolute atomic E-state index is 5.80. The zero-order chi connectivity index (χ0) is 14.0. The number of hydrogen-bond acceptors (Lipinski definition) is 5. The number of hydrogen-bond donors (Lipinski definition) is 1. The molecule has 0 aliphatic rings. The molecule has 1 aromatic carbocycles. The average Bonchev–Trinajstić information content (AvgIpc) is 2.83. The van der Waals surface area contributed by atoms with E-state index in [4.69, 9.17) is 15.0 Å². The molecule has 0 radical (unpaired) electrons. The maximum Gasteiger partial charge on any atom is 0.243 e. The van der Waals surface area contributed by atoms with Gasteiger partial charge in [-0.25, -0.2) is 0 Å². The van der Waals surface area contributed by atoms with E-state index in [9.17, 15) is 0 Å². The van der Waals surface area contributed by atoms with Crippen LogP contribution in [-0.4, -0.2) is 10.1 Å². The zero-order valence-corrected chi connectivity index (χ0v) is 11.7. The van der Waals surface area contributed by atoms with Crippen LogP contribution in [0.3, 0.4) is 0 Å². The number of benzene rings is 1. The van der Waals surface area contributed by atoms with Crippen molar-refractivity contribution >= 4 is 0 Å². The van der Waals surface area contributed by atoms with Gasteiger partial charge in [0.1, 0.15) is 5.75 Å². The molecule has 0 saturated carbocycles. The molecule has 1 atom stereocenters. The highest BCUT2D eigenvalue weighted by Crippen LogP contribution is 2.26. The van der Waals surface area contributed by atoms with E-state index < -0.39 is 0 Å². The fourth-order valence-electron chi connectivity index (χ4n) is 1.80. The molecule has 102 valence electrons. The first-order valence-electron chi connectivity index (χ1n) is 6.26. The molecule has 0 aliphatic heterocycles. The van der Waals surface area contributed by atoms with Gasteiger partial charge < -0.3 is 15.0 Å². The molecule has 0 bridgehead atoms. The molecular formula is C14H19N3O2. The van der Waals surface area contributed by atoms with E-state index in [0.717, 1.165) is 16.9 Å². The smallest absolute Gasteiger partial charge is 0.243 e. The van der Waals surface area contributed by atoms with Crippen molar-refractivity contribution < 1.29 is 9.26 Å². The van der Waals surface area contributed by atoms with Gasteiger partial charge in [0.15, 0.2) is 6.61 Å². The van der Waals surface area contributed by atoms with Crippen LogP contribution in [0.25, 0.3) is 0 Å². The van der Waals surface area contributed by atoms with Crippen molar-refractivity contribution in [3.05, 3.63) is 40.5 Å². The number of ether oxygens (including phenoxy) is 1. The van der Waals surface area contributed by atoms with Crippen molar-refractivity contribution in [3.63, 3.8) is 0 Å². The van der Waals surface area contributed by atoms with Crippen LogP contribution in [0.15, 0.2) is 16.7 Å². The Morgan fingerprint density at radius 2 is 1.95 bits per heavy atom. The standard InChI is InChI=1S/C14H19N3O2/c1-8-5-6-9(2)13(10(8)3)18-7-12-16-14(11(4)15)19-17-12/h5-6,11H,7,15H2,1-4H3. The first kappa shape index (κ1) is 13.5. The fourth-order valence-corrected chi connectivity index (χ4v) is 1.80. The molecule has 1 aromatic heterocycles. The number of nitrogens with two attached hydrogens (primary N) is 1. The van der Waals surface area contributed by atoms with Gasteiger partial charge in [0.25, 0.3) is 0 Å². The van der Waals surface area contributed by atoms with Crippen LogP contribution < -0.4 is 10.5 Å². The van der Waals surface area contributed by atoms with Gasteiger partial charge in [-0.15, -0.1) is 0 Å². The molecule has 19 heavy (non-hydrogen) atoms. The zero-order valence-electron chi connectivity index (χ0n) is 11.7. The van der Waals surface area contributed by atoms with Crippen molar-refractivity contribution in [2.75, 3.05) is 0 Å². The molecular weight excluding hydrogens is 242 g/mol. The summed E-state index contributed by atoms with van der Waals surface area (Å²) in [6.07, 6.45) is 0. The minimum Gasteiger partial charge on any atom is -0.485 e. The first-order chi connectivity index (χ1) is 8.99. The Bertz CT molecular complexity index is 576. The van der Waals surface area contributed by atoms with Gasteiger partial charge in [-0.3, -0.25) is 0 Å². The van der Waals surface area contributed by atoms with Gasteiger partial charge in [-0.1, -0.05) is 17.3 Å². The highest BCUT2D eigenvalue weighted by atomic mass is 16.5. The molecule has 1 heterocycles. The van der Waals surface area contributed by atoms with E-state index >= 15 is 0 Å². The van der Waals surface area contributed by atoms with Crippen molar-refractivity contribution in [2.24, 2.45) is 5.73 Å². The number of rotatable bonds is 4. The molecule has 5 heteroatoms. The van der Waals surface area contributed by atoms with E-state index in [1.165, 1.54) is 5.56 Å². The highest BCUT2D eigenvalue weighted by Gasteiger charge is 2.12. The van der Waals surface area contributed by atoms with E-state index in [0.29, 0.717) is 11.7 Å². The molecule has 0 aliphatic carbocycles. The molecule has 2 N–H and O–H groups in total. The minimum absolute atomic E-state index is 0.260. The summed E-state index contributed by atoms with van der Waals surface area (Å²) in [4.78, 5) is 4.18. The Kier molecular flexibility index (Phi) is 3.85. The third-order valence-corrected chi connectivity index (χ3v) is 3.09. The van der Waals surface area contributed by atoms with E-state index in [2.05, 4.69) is 23.1 Å². The summed E-state index contributed by atoms with van der Waals surface area (Å²) in [5.41, 5.74) is 9.10. The lowest BCUT2D eigenvalue weighted by atomic mass is 10.1. The Morgan fingerprint density at radius 1 is 1.26 bits per heavy atom. The summed E-state index contributed by atoms with van der Waals surface area (Å²) in [7, 11) is 0. The van der Waals surface area contributed by atoms with Crippen molar-refractivity contribution in [2.45, 2.75) is 40.3 Å². The lowest BCUT2D eigenvalue weighted by Gasteiger charge is -2.12. The van der Waals surface area contributed by atoms with Crippen LogP contribution >= 0.6 is 0 Å². The summed E-state index contributed by atoms with van der Waals surface area (Å²) < 4.78 is 10.8. The first-order valence-corrected chi connectivity index (χ1v) is 6.26. The summed E-state index contributed by atoms with van der Waals surface area (Å²) in [5, 5.41) is 3.84. The molecule has 0 saturated heterocycles.